The van der Waals surface area contributed by atoms with Gasteiger partial charge >= 0.3 is 12.0 Å². The molecule has 29 heavy (non-hydrogen) atoms. The number of anilines is 2. The first-order valence-electron chi connectivity index (χ1n) is 9.88. The van der Waals surface area contributed by atoms with Gasteiger partial charge in [0.25, 0.3) is 0 Å². The lowest BCUT2D eigenvalue weighted by molar-refractivity contribution is 0.0600. The molecule has 1 heterocycles. The minimum atomic E-state index is -0.394. The third kappa shape index (κ3) is 5.08. The maximum Gasteiger partial charge on any atom is 0.337 e. The number of hydrogen-bond donors (Lipinski definition) is 1. The summed E-state index contributed by atoms with van der Waals surface area (Å²) in [4.78, 5) is 28.2. The smallest absolute Gasteiger partial charge is 0.337 e. The van der Waals surface area contributed by atoms with E-state index in [4.69, 9.17) is 0 Å². The van der Waals surface area contributed by atoms with Crippen LogP contribution in [-0.2, 0) is 10.2 Å². The van der Waals surface area contributed by atoms with Gasteiger partial charge in [0.1, 0.15) is 0 Å². The summed E-state index contributed by atoms with van der Waals surface area (Å²) in [6.07, 6.45) is 0. The van der Waals surface area contributed by atoms with Crippen LogP contribution in [-0.4, -0.2) is 50.2 Å². The van der Waals surface area contributed by atoms with Crippen LogP contribution in [0.25, 0.3) is 0 Å². The normalized spacial score (nSPS) is 14.5. The van der Waals surface area contributed by atoms with Gasteiger partial charge in [0.2, 0.25) is 0 Å². The Morgan fingerprint density at radius 1 is 0.897 bits per heavy atom. The van der Waals surface area contributed by atoms with Crippen molar-refractivity contribution in [1.29, 1.82) is 0 Å². The number of esters is 1. The van der Waals surface area contributed by atoms with Crippen LogP contribution in [0, 0.1) is 0 Å². The number of benzene rings is 2. The van der Waals surface area contributed by atoms with E-state index in [9.17, 15) is 9.59 Å². The van der Waals surface area contributed by atoms with E-state index in [0.29, 0.717) is 24.3 Å². The second-order valence-corrected chi connectivity index (χ2v) is 8.27. The highest BCUT2D eigenvalue weighted by molar-refractivity contribution is 5.92. The van der Waals surface area contributed by atoms with E-state index < -0.39 is 5.97 Å². The lowest BCUT2D eigenvalue weighted by Crippen LogP contribution is -2.50. The minimum Gasteiger partial charge on any atom is -0.465 e. The topological polar surface area (TPSA) is 61.9 Å². The highest BCUT2D eigenvalue weighted by atomic mass is 16.5. The minimum absolute atomic E-state index is 0.126. The Balaban J connectivity index is 1.53. The van der Waals surface area contributed by atoms with E-state index >= 15 is 0 Å². The van der Waals surface area contributed by atoms with E-state index in [-0.39, 0.29) is 11.4 Å². The molecule has 0 aliphatic carbocycles. The SMILES string of the molecule is COC(=O)c1ccc(NC(=O)N2CCN(c3ccc(C(C)(C)C)cc3)CC2)cc1. The summed E-state index contributed by atoms with van der Waals surface area (Å²) in [7, 11) is 1.34. The summed E-state index contributed by atoms with van der Waals surface area (Å²) in [5.41, 5.74) is 3.76. The highest BCUT2D eigenvalue weighted by Gasteiger charge is 2.22. The Kier molecular flexibility index (Phi) is 6.11. The molecule has 2 amide bonds. The van der Waals surface area contributed by atoms with Crippen LogP contribution in [0.3, 0.4) is 0 Å². The summed E-state index contributed by atoms with van der Waals surface area (Å²) < 4.78 is 4.68. The van der Waals surface area contributed by atoms with Crippen molar-refractivity contribution in [2.24, 2.45) is 0 Å². The molecule has 1 saturated heterocycles. The van der Waals surface area contributed by atoms with Gasteiger partial charge in [-0.3, -0.25) is 0 Å². The number of piperazine rings is 1. The Hall–Kier alpha value is -3.02. The van der Waals surface area contributed by atoms with Crippen LogP contribution in [0.4, 0.5) is 16.2 Å². The van der Waals surface area contributed by atoms with Crippen LogP contribution in [0.2, 0.25) is 0 Å². The fraction of sp³-hybridized carbons (Fsp3) is 0.391. The summed E-state index contributed by atoms with van der Waals surface area (Å²) in [5, 5.41) is 2.89. The fourth-order valence-corrected chi connectivity index (χ4v) is 3.35. The predicted molar refractivity (Wildman–Crippen MR) is 116 cm³/mol. The maximum atomic E-state index is 12.5. The molecule has 1 fully saturated rings. The zero-order valence-corrected chi connectivity index (χ0v) is 17.6. The molecule has 3 rings (SSSR count). The Morgan fingerprint density at radius 3 is 2.00 bits per heavy atom. The Labute approximate surface area is 172 Å². The van der Waals surface area contributed by atoms with Crippen LogP contribution < -0.4 is 10.2 Å². The molecule has 154 valence electrons. The van der Waals surface area contributed by atoms with Crippen LogP contribution >= 0.6 is 0 Å². The van der Waals surface area contributed by atoms with Crippen LogP contribution in [0.1, 0.15) is 36.7 Å². The van der Waals surface area contributed by atoms with Gasteiger partial charge in [0.05, 0.1) is 12.7 Å². The first kappa shape index (κ1) is 20.7. The van der Waals surface area contributed by atoms with Crippen molar-refractivity contribution in [2.75, 3.05) is 43.5 Å². The van der Waals surface area contributed by atoms with Crippen molar-refractivity contribution in [3.8, 4) is 0 Å². The number of ether oxygens (including phenoxy) is 1. The molecule has 0 spiro atoms. The summed E-state index contributed by atoms with van der Waals surface area (Å²) in [5.74, 6) is -0.394. The zero-order chi connectivity index (χ0) is 21.0. The highest BCUT2D eigenvalue weighted by Crippen LogP contribution is 2.25. The predicted octanol–water partition coefficient (Wildman–Crippen LogP) is 4.12. The second-order valence-electron chi connectivity index (χ2n) is 8.27. The number of nitrogens with zero attached hydrogens (tertiary/aromatic N) is 2. The lowest BCUT2D eigenvalue weighted by atomic mass is 9.87. The second kappa shape index (κ2) is 8.55. The molecule has 0 aromatic heterocycles. The van der Waals surface area contributed by atoms with Gasteiger partial charge in [-0.2, -0.15) is 0 Å². The summed E-state index contributed by atoms with van der Waals surface area (Å²) in [6.45, 7) is 9.54. The number of rotatable bonds is 3. The third-order valence-electron chi connectivity index (χ3n) is 5.22. The van der Waals surface area contributed by atoms with Crippen molar-refractivity contribution < 1.29 is 14.3 Å². The van der Waals surface area contributed by atoms with Gasteiger partial charge < -0.3 is 19.9 Å². The van der Waals surface area contributed by atoms with Crippen molar-refractivity contribution in [3.63, 3.8) is 0 Å². The van der Waals surface area contributed by atoms with Crippen molar-refractivity contribution >= 4 is 23.4 Å². The number of amides is 2. The molecule has 6 heteroatoms. The van der Waals surface area contributed by atoms with Gasteiger partial charge in [-0.05, 0) is 47.4 Å². The quantitative estimate of drug-likeness (QED) is 0.794. The number of carbonyl (C=O) groups is 2. The average Bonchev–Trinajstić information content (AvgIpc) is 2.73. The molecule has 1 N–H and O–H groups in total. The molecule has 0 atom stereocenters. The fourth-order valence-electron chi connectivity index (χ4n) is 3.35. The Morgan fingerprint density at radius 2 is 1.48 bits per heavy atom. The molecule has 2 aromatic rings. The molecule has 1 aliphatic heterocycles. The molecule has 1 aliphatic rings. The number of hydrogen-bond acceptors (Lipinski definition) is 4. The van der Waals surface area contributed by atoms with Gasteiger partial charge in [-0.15, -0.1) is 0 Å². The molecule has 0 saturated carbocycles. The van der Waals surface area contributed by atoms with Gasteiger partial charge in [0, 0.05) is 37.6 Å². The van der Waals surface area contributed by atoms with Crippen LogP contribution in [0.15, 0.2) is 48.5 Å². The van der Waals surface area contributed by atoms with Gasteiger partial charge in [0.15, 0.2) is 0 Å². The first-order chi connectivity index (χ1) is 13.8. The molecule has 0 radical (unpaired) electrons. The molecule has 0 unspecified atom stereocenters. The molecule has 6 nitrogen and oxygen atoms in total. The standard InChI is InChI=1S/C23H29N3O3/c1-23(2,3)18-7-11-20(12-8-18)25-13-15-26(16-14-25)22(28)24-19-9-5-17(6-10-19)21(27)29-4/h5-12H,13-16H2,1-4H3,(H,24,28). The Bertz CT molecular complexity index is 846. The van der Waals surface area contributed by atoms with E-state index in [1.807, 2.05) is 4.90 Å². The average molecular weight is 396 g/mol. The van der Waals surface area contributed by atoms with E-state index in [0.717, 1.165) is 13.1 Å². The molecular weight excluding hydrogens is 366 g/mol. The number of urea groups is 1. The van der Waals surface area contributed by atoms with E-state index in [1.54, 1.807) is 24.3 Å². The van der Waals surface area contributed by atoms with Crippen molar-refractivity contribution in [3.05, 3.63) is 59.7 Å². The third-order valence-corrected chi connectivity index (χ3v) is 5.22. The van der Waals surface area contributed by atoms with Crippen molar-refractivity contribution in [1.82, 2.24) is 4.90 Å². The van der Waals surface area contributed by atoms with E-state index in [1.165, 1.54) is 18.4 Å². The van der Waals surface area contributed by atoms with Gasteiger partial charge in [-0.1, -0.05) is 32.9 Å². The summed E-state index contributed by atoms with van der Waals surface area (Å²) >= 11 is 0. The van der Waals surface area contributed by atoms with Crippen molar-refractivity contribution in [2.45, 2.75) is 26.2 Å². The number of nitrogens with one attached hydrogen (secondary N) is 1. The summed E-state index contributed by atoms with van der Waals surface area (Å²) in [6, 6.07) is 15.3. The zero-order valence-electron chi connectivity index (χ0n) is 17.6. The number of methoxy groups -OCH3 is 1. The largest absolute Gasteiger partial charge is 0.465 e. The first-order valence-corrected chi connectivity index (χ1v) is 9.88. The van der Waals surface area contributed by atoms with E-state index in [2.05, 4.69) is 60.0 Å². The lowest BCUT2D eigenvalue weighted by Gasteiger charge is -2.36. The monoisotopic (exact) mass is 395 g/mol. The van der Waals surface area contributed by atoms with Gasteiger partial charge in [-0.25, -0.2) is 9.59 Å². The van der Waals surface area contributed by atoms with Crippen LogP contribution in [0.5, 0.6) is 0 Å². The molecule has 2 aromatic carbocycles. The molecular formula is C23H29N3O3. The molecule has 0 bridgehead atoms. The maximum absolute atomic E-state index is 12.5. The number of carbonyl (C=O) groups excluding carboxylic acids is 2.